The van der Waals surface area contributed by atoms with Crippen molar-refractivity contribution in [2.45, 2.75) is 31.7 Å². The first kappa shape index (κ1) is 17.0. The van der Waals surface area contributed by atoms with E-state index in [2.05, 4.69) is 15.3 Å². The van der Waals surface area contributed by atoms with E-state index >= 15 is 0 Å². The van der Waals surface area contributed by atoms with Gasteiger partial charge in [0.2, 0.25) is 0 Å². The highest BCUT2D eigenvalue weighted by Crippen LogP contribution is 2.38. The first-order valence-electron chi connectivity index (χ1n) is 7.76. The number of aromatic nitrogens is 2. The third-order valence-electron chi connectivity index (χ3n) is 4.25. The van der Waals surface area contributed by atoms with Crippen molar-refractivity contribution in [1.29, 1.82) is 0 Å². The van der Waals surface area contributed by atoms with Crippen molar-refractivity contribution in [3.63, 3.8) is 0 Å². The van der Waals surface area contributed by atoms with Crippen molar-refractivity contribution >= 4 is 34.6 Å². The van der Waals surface area contributed by atoms with E-state index in [1.54, 1.807) is 6.92 Å². The summed E-state index contributed by atoms with van der Waals surface area (Å²) in [5.74, 6) is 0.0267. The maximum atomic E-state index is 12.8. The van der Waals surface area contributed by atoms with E-state index in [0.717, 1.165) is 0 Å². The standard InChI is InChI=1S/C17H18Cl2N4O/c1-10-13(18)8-9-14(19)16(10)23-17(24)15(11(2)22-23)21-20-12-6-4-3-5-7-12/h3-7,9-10,13,16,22H,8H2,1-2H3. The summed E-state index contributed by atoms with van der Waals surface area (Å²) in [7, 11) is 0. The van der Waals surface area contributed by atoms with Gasteiger partial charge >= 0.3 is 0 Å². The fourth-order valence-electron chi connectivity index (χ4n) is 2.84. The van der Waals surface area contributed by atoms with Crippen LogP contribution in [0.3, 0.4) is 0 Å². The molecule has 7 heteroatoms. The van der Waals surface area contributed by atoms with E-state index in [1.807, 2.05) is 43.3 Å². The lowest BCUT2D eigenvalue weighted by Crippen LogP contribution is -2.33. The second kappa shape index (κ2) is 6.95. The van der Waals surface area contributed by atoms with Crippen molar-refractivity contribution in [3.8, 4) is 0 Å². The molecule has 1 aliphatic rings. The molecule has 126 valence electrons. The van der Waals surface area contributed by atoms with E-state index < -0.39 is 0 Å². The highest BCUT2D eigenvalue weighted by Gasteiger charge is 2.33. The number of hydrogen-bond acceptors (Lipinski definition) is 3. The summed E-state index contributed by atoms with van der Waals surface area (Å²) < 4.78 is 1.51. The van der Waals surface area contributed by atoms with E-state index in [-0.39, 0.29) is 28.6 Å². The average Bonchev–Trinajstić information content (AvgIpc) is 2.85. The maximum Gasteiger partial charge on any atom is 0.295 e. The Balaban J connectivity index is 1.98. The molecule has 1 aromatic carbocycles. The molecule has 1 aromatic heterocycles. The monoisotopic (exact) mass is 364 g/mol. The van der Waals surface area contributed by atoms with Crippen LogP contribution in [-0.2, 0) is 0 Å². The van der Waals surface area contributed by atoms with Crippen LogP contribution in [0.25, 0.3) is 0 Å². The molecule has 0 saturated carbocycles. The Hall–Kier alpha value is -1.85. The lowest BCUT2D eigenvalue weighted by atomic mass is 9.90. The molecule has 24 heavy (non-hydrogen) atoms. The van der Waals surface area contributed by atoms with Gasteiger partial charge in [-0.2, -0.15) is 5.11 Å². The summed E-state index contributed by atoms with van der Waals surface area (Å²) in [5, 5.41) is 11.9. The minimum absolute atomic E-state index is 0.0267. The largest absolute Gasteiger partial charge is 0.297 e. The van der Waals surface area contributed by atoms with Gasteiger partial charge in [0.25, 0.3) is 5.56 Å². The van der Waals surface area contributed by atoms with Gasteiger partial charge in [-0.3, -0.25) is 9.89 Å². The zero-order valence-electron chi connectivity index (χ0n) is 13.4. The SMILES string of the molecule is Cc1[nH]n(C2C(Cl)=CCC(Cl)C2C)c(=O)c1N=Nc1ccccc1. The van der Waals surface area contributed by atoms with Crippen LogP contribution in [0.1, 0.15) is 25.1 Å². The number of allylic oxidation sites excluding steroid dienone is 2. The van der Waals surface area contributed by atoms with Crippen LogP contribution in [0.5, 0.6) is 0 Å². The molecule has 0 fully saturated rings. The topological polar surface area (TPSA) is 62.5 Å². The van der Waals surface area contributed by atoms with Gasteiger partial charge in [-0.25, -0.2) is 4.68 Å². The van der Waals surface area contributed by atoms with Crippen LogP contribution in [0, 0.1) is 12.8 Å². The van der Waals surface area contributed by atoms with Gasteiger partial charge in [0.15, 0.2) is 5.69 Å². The summed E-state index contributed by atoms with van der Waals surface area (Å²) in [6, 6.07) is 8.97. The lowest BCUT2D eigenvalue weighted by Gasteiger charge is -2.31. The normalized spacial score (nSPS) is 24.3. The number of nitrogens with one attached hydrogen (secondary N) is 1. The minimum Gasteiger partial charge on any atom is -0.297 e. The van der Waals surface area contributed by atoms with E-state index in [1.165, 1.54) is 4.68 Å². The summed E-state index contributed by atoms with van der Waals surface area (Å²) in [5.41, 5.74) is 1.37. The number of rotatable bonds is 3. The summed E-state index contributed by atoms with van der Waals surface area (Å²) >= 11 is 12.7. The highest BCUT2D eigenvalue weighted by atomic mass is 35.5. The number of nitrogens with zero attached hydrogens (tertiary/aromatic N) is 3. The van der Waals surface area contributed by atoms with E-state index in [0.29, 0.717) is 22.8 Å². The predicted molar refractivity (Wildman–Crippen MR) is 96.8 cm³/mol. The van der Waals surface area contributed by atoms with Gasteiger partial charge in [0, 0.05) is 16.3 Å². The second-order valence-electron chi connectivity index (χ2n) is 5.94. The first-order chi connectivity index (χ1) is 11.5. The Morgan fingerprint density at radius 2 is 1.96 bits per heavy atom. The Morgan fingerprint density at radius 3 is 2.67 bits per heavy atom. The van der Waals surface area contributed by atoms with E-state index in [9.17, 15) is 4.79 Å². The summed E-state index contributed by atoms with van der Waals surface area (Å²) in [6.07, 6.45) is 2.57. The molecule has 0 bridgehead atoms. The molecule has 5 nitrogen and oxygen atoms in total. The van der Waals surface area contributed by atoms with Crippen LogP contribution in [0.4, 0.5) is 11.4 Å². The van der Waals surface area contributed by atoms with Gasteiger partial charge in [-0.15, -0.1) is 16.7 Å². The second-order valence-corrected chi connectivity index (χ2v) is 6.94. The third kappa shape index (κ3) is 3.19. The Labute approximate surface area is 150 Å². The first-order valence-corrected chi connectivity index (χ1v) is 8.58. The third-order valence-corrected chi connectivity index (χ3v) is 5.21. The molecular weight excluding hydrogens is 347 g/mol. The van der Waals surface area contributed by atoms with Gasteiger partial charge in [-0.05, 0) is 25.5 Å². The fraction of sp³-hybridized carbons (Fsp3) is 0.353. The molecule has 3 rings (SSSR count). The van der Waals surface area contributed by atoms with Crippen LogP contribution in [0.2, 0.25) is 0 Å². The van der Waals surface area contributed by atoms with Crippen LogP contribution in [0.15, 0.2) is 56.5 Å². The molecule has 1 aliphatic carbocycles. The number of aromatic amines is 1. The summed E-state index contributed by atoms with van der Waals surface area (Å²) in [4.78, 5) is 12.8. The fourth-order valence-corrected chi connectivity index (χ4v) is 3.46. The molecule has 1 heterocycles. The average molecular weight is 365 g/mol. The number of halogens is 2. The molecule has 3 atom stereocenters. The maximum absolute atomic E-state index is 12.8. The number of hydrogen-bond donors (Lipinski definition) is 1. The molecule has 0 saturated heterocycles. The van der Waals surface area contributed by atoms with Crippen molar-refractivity contribution in [2.24, 2.45) is 16.1 Å². The molecule has 2 aromatic rings. The van der Waals surface area contributed by atoms with Crippen LogP contribution < -0.4 is 5.56 Å². The van der Waals surface area contributed by atoms with Crippen molar-refractivity contribution in [2.75, 3.05) is 0 Å². The number of azo groups is 1. The molecule has 0 radical (unpaired) electrons. The van der Waals surface area contributed by atoms with Crippen LogP contribution >= 0.6 is 23.2 Å². The van der Waals surface area contributed by atoms with Gasteiger partial charge in [0.1, 0.15) is 0 Å². The molecule has 0 amide bonds. The van der Waals surface area contributed by atoms with Gasteiger partial charge < -0.3 is 0 Å². The van der Waals surface area contributed by atoms with Gasteiger partial charge in [0.05, 0.1) is 17.4 Å². The van der Waals surface area contributed by atoms with Crippen molar-refractivity contribution in [3.05, 3.63) is 57.5 Å². The molecule has 0 spiro atoms. The molecular formula is C17H18Cl2N4O. The zero-order chi connectivity index (χ0) is 17.3. The molecule has 3 unspecified atom stereocenters. The van der Waals surface area contributed by atoms with Gasteiger partial charge in [-0.1, -0.05) is 42.8 Å². The molecule has 0 aliphatic heterocycles. The number of benzene rings is 1. The smallest absolute Gasteiger partial charge is 0.295 e. The van der Waals surface area contributed by atoms with Crippen LogP contribution in [-0.4, -0.2) is 15.2 Å². The highest BCUT2D eigenvalue weighted by molar-refractivity contribution is 6.30. The quantitative estimate of drug-likeness (QED) is 0.589. The Kier molecular flexibility index (Phi) is 4.92. The number of H-pyrrole nitrogens is 1. The van der Waals surface area contributed by atoms with E-state index in [4.69, 9.17) is 23.2 Å². The number of aryl methyl sites for hydroxylation is 1. The van der Waals surface area contributed by atoms with Crippen molar-refractivity contribution in [1.82, 2.24) is 9.78 Å². The zero-order valence-corrected chi connectivity index (χ0v) is 14.9. The minimum atomic E-state index is -0.310. The predicted octanol–water partition coefficient (Wildman–Crippen LogP) is 5.21. The Bertz CT molecular complexity index is 838. The Morgan fingerprint density at radius 1 is 1.25 bits per heavy atom. The van der Waals surface area contributed by atoms with Crippen molar-refractivity contribution < 1.29 is 0 Å². The summed E-state index contributed by atoms with van der Waals surface area (Å²) in [6.45, 7) is 3.78. The lowest BCUT2D eigenvalue weighted by molar-refractivity contribution is 0.346. The number of alkyl halides is 1. The molecule has 1 N–H and O–H groups in total.